The number of carboxylic acids is 2. The lowest BCUT2D eigenvalue weighted by Crippen LogP contribution is -2.35. The van der Waals surface area contributed by atoms with Gasteiger partial charge in [0.1, 0.15) is 12.7 Å². The predicted molar refractivity (Wildman–Crippen MR) is 177 cm³/mol. The third kappa shape index (κ3) is 19.4. The zero-order valence-electron chi connectivity index (χ0n) is 25.9. The highest BCUT2D eigenvalue weighted by Crippen LogP contribution is 2.06. The van der Waals surface area contributed by atoms with Crippen molar-refractivity contribution in [3.8, 4) is 0 Å². The van der Waals surface area contributed by atoms with E-state index in [-0.39, 0.29) is 47.7 Å². The highest BCUT2D eigenvalue weighted by Gasteiger charge is 2.22. The van der Waals surface area contributed by atoms with Gasteiger partial charge in [-0.2, -0.15) is 0 Å². The summed E-state index contributed by atoms with van der Waals surface area (Å²) in [6.07, 6.45) is 13.5. The lowest BCUT2D eigenvalue weighted by molar-refractivity contribution is -0.146. The minimum absolute atomic E-state index is 0. The summed E-state index contributed by atoms with van der Waals surface area (Å²) >= 11 is 3.19. The van der Waals surface area contributed by atoms with Crippen molar-refractivity contribution < 1.29 is 38.9 Å². The average Bonchev–Trinajstić information content (AvgIpc) is 3.10. The Labute approximate surface area is 285 Å². The minimum atomic E-state index is -1.00. The third-order valence-corrected chi connectivity index (χ3v) is 6.02. The molecule has 258 valence electrons. The zero-order chi connectivity index (χ0) is 34.2. The number of hydrogen-bond donors (Lipinski definition) is 4. The highest BCUT2D eigenvalue weighted by molar-refractivity contribution is 9.10. The summed E-state index contributed by atoms with van der Waals surface area (Å²) in [6, 6.07) is 0. The first kappa shape index (κ1) is 42.2. The molecule has 3 aliphatic rings. The van der Waals surface area contributed by atoms with Crippen LogP contribution in [-0.2, 0) is 23.9 Å². The van der Waals surface area contributed by atoms with Crippen molar-refractivity contribution in [2.45, 2.75) is 0 Å². The highest BCUT2D eigenvalue weighted by atomic mass is 79.9. The summed E-state index contributed by atoms with van der Waals surface area (Å²) in [5.74, 6) is -2.67. The molecule has 2 aromatic heterocycles. The van der Waals surface area contributed by atoms with Gasteiger partial charge in [0, 0.05) is 51.5 Å². The Morgan fingerprint density at radius 2 is 1.26 bits per heavy atom. The normalized spacial score (nSPS) is 18.3. The van der Waals surface area contributed by atoms with E-state index >= 15 is 0 Å². The topological polar surface area (TPSA) is 243 Å². The Bertz CT molecular complexity index is 1290. The predicted octanol–water partition coefficient (Wildman–Crippen LogP) is 0.311. The average molecular weight is 746 g/mol. The molecule has 3 atom stereocenters. The van der Waals surface area contributed by atoms with E-state index in [9.17, 15) is 19.2 Å². The van der Waals surface area contributed by atoms with E-state index in [0.29, 0.717) is 39.3 Å². The number of aromatic carboxylic acids is 1. The van der Waals surface area contributed by atoms with Crippen molar-refractivity contribution in [2.75, 3.05) is 60.5 Å². The largest absolute Gasteiger partial charge is 0.481 e. The summed E-state index contributed by atoms with van der Waals surface area (Å²) < 4.78 is 10.0. The van der Waals surface area contributed by atoms with Crippen molar-refractivity contribution in [1.29, 1.82) is 0 Å². The number of carbonyl (C=O) groups is 4. The molecule has 18 nitrogen and oxygen atoms in total. The standard InChI is InChI=1S/C7H12N2O2.C6H10N2O2.C5H8N2O2.C5H4N2O2.C4H3BrN2.ClH/c1-9-4-6(3-8-5-9)7(10)11-2;1-10-6(9)5-2-7-4-8-3-5;2*8-5(9)4-1-6-3-7-2-4;5-4-1-6-3-7-2-4;/h5-6H,3-4H2,1-2H3;4-5H,2-3H2,1H3,(H,7,8);3-4H,1-2H2,(H,6,7)(H,8,9);1-3H,(H,8,9);1-3H;1H. The van der Waals surface area contributed by atoms with Crippen molar-refractivity contribution in [1.82, 2.24) is 35.5 Å². The summed E-state index contributed by atoms with van der Waals surface area (Å²) in [6.45, 7) is 3.34. The van der Waals surface area contributed by atoms with Gasteiger partial charge >= 0.3 is 23.9 Å². The third-order valence-electron chi connectivity index (χ3n) is 5.61. The molecule has 0 aromatic carbocycles. The van der Waals surface area contributed by atoms with Crippen LogP contribution in [-0.4, -0.2) is 138 Å². The van der Waals surface area contributed by atoms with Gasteiger partial charge in [-0.05, 0) is 15.9 Å². The number of nitrogens with zero attached hydrogens (tertiary/aromatic N) is 8. The minimum Gasteiger partial charge on any atom is -0.481 e. The van der Waals surface area contributed by atoms with E-state index in [4.69, 9.17) is 10.2 Å². The molecule has 5 heterocycles. The lowest BCUT2D eigenvalue weighted by Gasteiger charge is -2.23. The number of ether oxygens (including phenoxy) is 2. The molecule has 0 saturated heterocycles. The molecule has 47 heavy (non-hydrogen) atoms. The van der Waals surface area contributed by atoms with Gasteiger partial charge < -0.3 is 35.2 Å². The Kier molecular flexibility index (Phi) is 22.8. The molecular formula is C27H38BrClN10O8. The van der Waals surface area contributed by atoms with Gasteiger partial charge in [0.2, 0.25) is 0 Å². The van der Waals surface area contributed by atoms with Gasteiger partial charge in [-0.15, -0.1) is 12.4 Å². The number of halogens is 2. The number of aliphatic carboxylic acids is 1. The molecule has 3 aliphatic heterocycles. The van der Waals surface area contributed by atoms with Crippen LogP contribution >= 0.6 is 28.3 Å². The number of nitrogens with one attached hydrogen (secondary N) is 2. The number of aliphatic imine (C=N–C) groups is 3. The van der Waals surface area contributed by atoms with E-state index in [0.717, 1.165) is 4.47 Å². The van der Waals surface area contributed by atoms with Crippen LogP contribution in [0.5, 0.6) is 0 Å². The smallest absolute Gasteiger partial charge is 0.338 e. The fourth-order valence-electron chi connectivity index (χ4n) is 3.27. The van der Waals surface area contributed by atoms with Gasteiger partial charge in [-0.3, -0.25) is 29.4 Å². The van der Waals surface area contributed by atoms with E-state index < -0.39 is 11.9 Å². The van der Waals surface area contributed by atoms with Crippen molar-refractivity contribution in [3.63, 3.8) is 0 Å². The van der Waals surface area contributed by atoms with Gasteiger partial charge in [0.25, 0.3) is 0 Å². The Hall–Kier alpha value is -4.78. The Morgan fingerprint density at radius 3 is 1.60 bits per heavy atom. The maximum atomic E-state index is 11.0. The molecule has 3 unspecified atom stereocenters. The SMILES string of the molecule is Brc1cncnc1.COC(=O)C1CN=CN(C)C1.COC(=O)C1CN=CNC1.Cl.O=C(O)C1CN=CNC1.O=C(O)c1cncnc1. The molecule has 0 amide bonds. The molecule has 4 N–H and O–H groups in total. The fraction of sp³-hybridized carbons (Fsp3) is 0.444. The summed E-state index contributed by atoms with van der Waals surface area (Å²) in [5.41, 5.74) is 0.109. The van der Waals surface area contributed by atoms with E-state index in [2.05, 4.69) is 71.0 Å². The molecule has 0 aliphatic carbocycles. The second-order valence-corrected chi connectivity index (χ2v) is 10.1. The van der Waals surface area contributed by atoms with Gasteiger partial charge in [-0.1, -0.05) is 0 Å². The molecular weight excluding hydrogens is 708 g/mol. The molecule has 0 radical (unpaired) electrons. The van der Waals surface area contributed by atoms with E-state index in [1.807, 2.05) is 11.9 Å². The summed E-state index contributed by atoms with van der Waals surface area (Å²) in [4.78, 5) is 70.2. The second-order valence-electron chi connectivity index (χ2n) is 9.19. The number of hydrogen-bond acceptors (Lipinski definition) is 16. The van der Waals surface area contributed by atoms with Gasteiger partial charge in [0.15, 0.2) is 0 Å². The van der Waals surface area contributed by atoms with Crippen molar-refractivity contribution in [2.24, 2.45) is 32.7 Å². The van der Waals surface area contributed by atoms with Crippen LogP contribution in [0.4, 0.5) is 0 Å². The molecule has 5 rings (SSSR count). The maximum absolute atomic E-state index is 11.0. The van der Waals surface area contributed by atoms with Crippen LogP contribution in [0.1, 0.15) is 10.4 Å². The molecule has 0 saturated carbocycles. The van der Waals surface area contributed by atoms with Crippen molar-refractivity contribution in [3.05, 3.63) is 47.5 Å². The van der Waals surface area contributed by atoms with Crippen LogP contribution in [0.15, 0.2) is 56.9 Å². The Balaban J connectivity index is 0.000000563. The number of carboxylic acid groups (broad SMARTS) is 2. The first-order valence-corrected chi connectivity index (χ1v) is 14.3. The number of carbonyl (C=O) groups excluding carboxylic acids is 2. The first-order chi connectivity index (χ1) is 22.1. The molecule has 0 fully saturated rings. The maximum Gasteiger partial charge on any atom is 0.338 e. The molecule has 0 spiro atoms. The summed E-state index contributed by atoms with van der Waals surface area (Å²) in [5, 5.41) is 22.3. The van der Waals surface area contributed by atoms with Gasteiger partial charge in [-0.25, -0.2) is 24.7 Å². The van der Waals surface area contributed by atoms with Crippen LogP contribution in [0, 0.1) is 17.8 Å². The van der Waals surface area contributed by atoms with E-state index in [1.165, 1.54) is 39.3 Å². The first-order valence-electron chi connectivity index (χ1n) is 13.5. The fourth-order valence-corrected chi connectivity index (χ4v) is 3.51. The second kappa shape index (κ2) is 25.4. The summed E-state index contributed by atoms with van der Waals surface area (Å²) in [7, 11) is 4.68. The Morgan fingerprint density at radius 1 is 0.787 bits per heavy atom. The molecule has 2 aromatic rings. The molecule has 20 heteroatoms. The monoisotopic (exact) mass is 744 g/mol. The lowest BCUT2D eigenvalue weighted by atomic mass is 10.1. The van der Waals surface area contributed by atoms with E-state index in [1.54, 1.807) is 31.4 Å². The van der Waals surface area contributed by atoms with Crippen LogP contribution in [0.2, 0.25) is 0 Å². The van der Waals surface area contributed by atoms with Crippen LogP contribution < -0.4 is 10.6 Å². The number of esters is 2. The zero-order valence-corrected chi connectivity index (χ0v) is 28.3. The number of rotatable bonds is 4. The van der Waals surface area contributed by atoms with Crippen LogP contribution in [0.3, 0.4) is 0 Å². The quantitative estimate of drug-likeness (QED) is 0.308. The van der Waals surface area contributed by atoms with Gasteiger partial charge in [0.05, 0.1) is 80.7 Å². The molecule has 0 bridgehead atoms. The van der Waals surface area contributed by atoms with Crippen molar-refractivity contribution >= 4 is 71.2 Å². The van der Waals surface area contributed by atoms with Crippen LogP contribution in [0.25, 0.3) is 0 Å². The number of methoxy groups -OCH3 is 2. The number of aromatic nitrogens is 4.